The minimum absolute atomic E-state index is 0.233. The molecule has 0 amide bonds. The van der Waals surface area contributed by atoms with E-state index in [2.05, 4.69) is 16.0 Å². The van der Waals surface area contributed by atoms with Gasteiger partial charge in [0.1, 0.15) is 16.9 Å². The third-order valence-corrected chi connectivity index (χ3v) is 5.27. The van der Waals surface area contributed by atoms with Crippen LogP contribution in [0.15, 0.2) is 5.03 Å². The van der Waals surface area contributed by atoms with E-state index in [0.717, 1.165) is 28.7 Å². The van der Waals surface area contributed by atoms with Crippen LogP contribution in [0.25, 0.3) is 0 Å². The Balaban J connectivity index is 2.09. The number of morpholine rings is 1. The second kappa shape index (κ2) is 7.20. The minimum Gasteiger partial charge on any atom is -0.549 e. The fourth-order valence-corrected chi connectivity index (χ4v) is 3.83. The molecule has 0 spiro atoms. The van der Waals surface area contributed by atoms with Crippen LogP contribution in [0.3, 0.4) is 0 Å². The van der Waals surface area contributed by atoms with Gasteiger partial charge in [-0.05, 0) is 19.4 Å². The first-order valence-corrected chi connectivity index (χ1v) is 9.15. The molecule has 2 aliphatic rings. The molecule has 0 aliphatic carbocycles. The molecule has 0 radical (unpaired) electrons. The summed E-state index contributed by atoms with van der Waals surface area (Å²) in [4.78, 5) is 17.6. The molecule has 1 fully saturated rings. The molecular weight excluding hydrogens is 342 g/mol. The number of rotatable bonds is 4. The number of anilines is 1. The molecule has 1 saturated heterocycles. The lowest BCUT2D eigenvalue weighted by Gasteiger charge is -2.36. The van der Waals surface area contributed by atoms with Gasteiger partial charge in [0.15, 0.2) is 0 Å². The third kappa shape index (κ3) is 3.89. The van der Waals surface area contributed by atoms with Gasteiger partial charge in [0.05, 0.1) is 37.0 Å². The molecule has 0 atom stereocenters. The van der Waals surface area contributed by atoms with E-state index in [1.807, 2.05) is 13.8 Å². The van der Waals surface area contributed by atoms with E-state index in [0.29, 0.717) is 49.9 Å². The van der Waals surface area contributed by atoms with Gasteiger partial charge >= 0.3 is 0 Å². The Morgan fingerprint density at radius 3 is 2.76 bits per heavy atom. The molecule has 8 heteroatoms. The number of aliphatic carboxylic acids is 1. The number of nitriles is 1. The minimum atomic E-state index is -1.18. The van der Waals surface area contributed by atoms with Gasteiger partial charge in [-0.2, -0.15) is 5.26 Å². The zero-order valence-electron chi connectivity index (χ0n) is 14.3. The van der Waals surface area contributed by atoms with E-state index in [1.54, 1.807) is 0 Å². The molecule has 1 aromatic rings. The SMILES string of the molecule is CC1(C)Cc2c(C#N)c(SCC(=O)[O-])nc(N3CCOCC3)c2CO1. The standard InChI is InChI=1S/C17H21N3O4S/c1-17(2)7-11-12(8-18)16(25-10-14(21)22)19-15(13(11)9-24-17)20-3-5-23-6-4-20/h3-7,9-10H2,1-2H3,(H,21,22)/p-1. The number of ether oxygens (including phenoxy) is 2. The Hall–Kier alpha value is -1.82. The lowest BCUT2D eigenvalue weighted by atomic mass is 9.89. The second-order valence-electron chi connectivity index (χ2n) is 6.67. The fraction of sp³-hybridized carbons (Fsp3) is 0.588. The number of hydrogen-bond acceptors (Lipinski definition) is 8. The summed E-state index contributed by atoms with van der Waals surface area (Å²) in [6.45, 7) is 7.01. The van der Waals surface area contributed by atoms with Crippen molar-refractivity contribution in [3.63, 3.8) is 0 Å². The van der Waals surface area contributed by atoms with Crippen molar-refractivity contribution in [1.29, 1.82) is 5.26 Å². The Kier molecular flexibility index (Phi) is 5.18. The number of carbonyl (C=O) groups is 1. The van der Waals surface area contributed by atoms with Crippen LogP contribution < -0.4 is 10.0 Å². The van der Waals surface area contributed by atoms with E-state index in [4.69, 9.17) is 9.47 Å². The summed E-state index contributed by atoms with van der Waals surface area (Å²) in [6, 6.07) is 2.22. The largest absolute Gasteiger partial charge is 0.549 e. The summed E-state index contributed by atoms with van der Waals surface area (Å²) >= 11 is 1.04. The van der Waals surface area contributed by atoms with Crippen molar-refractivity contribution in [1.82, 2.24) is 4.98 Å². The lowest BCUT2D eigenvalue weighted by Crippen LogP contribution is -2.40. The Bertz CT molecular complexity index is 724. The number of hydrogen-bond donors (Lipinski definition) is 0. The van der Waals surface area contributed by atoms with E-state index < -0.39 is 5.97 Å². The molecule has 25 heavy (non-hydrogen) atoms. The molecule has 0 bridgehead atoms. The summed E-state index contributed by atoms with van der Waals surface area (Å²) < 4.78 is 11.4. The first-order valence-electron chi connectivity index (χ1n) is 8.16. The highest BCUT2D eigenvalue weighted by molar-refractivity contribution is 7.99. The summed E-state index contributed by atoms with van der Waals surface area (Å²) in [6.07, 6.45) is 0.587. The van der Waals surface area contributed by atoms with Gasteiger partial charge in [-0.1, -0.05) is 11.8 Å². The molecular formula is C17H20N3O4S-. The molecule has 0 N–H and O–H groups in total. The topological polar surface area (TPSA) is 98.5 Å². The van der Waals surface area contributed by atoms with Crippen LogP contribution in [-0.4, -0.2) is 48.6 Å². The highest BCUT2D eigenvalue weighted by Gasteiger charge is 2.33. The number of carboxylic acid groups (broad SMARTS) is 1. The van der Waals surface area contributed by atoms with Crippen LogP contribution in [0, 0.1) is 11.3 Å². The predicted octanol–water partition coefficient (Wildman–Crippen LogP) is 0.483. The van der Waals surface area contributed by atoms with E-state index in [-0.39, 0.29) is 11.4 Å². The molecule has 0 aromatic carbocycles. The molecule has 3 heterocycles. The van der Waals surface area contributed by atoms with Crippen LogP contribution in [0.5, 0.6) is 0 Å². The predicted molar refractivity (Wildman–Crippen MR) is 90.3 cm³/mol. The van der Waals surface area contributed by atoms with Gasteiger partial charge in [0.2, 0.25) is 0 Å². The average Bonchev–Trinajstić information content (AvgIpc) is 2.58. The summed E-state index contributed by atoms with van der Waals surface area (Å²) in [5, 5.41) is 21.0. The van der Waals surface area contributed by atoms with Crippen LogP contribution in [-0.2, 0) is 27.3 Å². The normalized spacial score (nSPS) is 19.2. The second-order valence-corrected chi connectivity index (χ2v) is 7.63. The maximum absolute atomic E-state index is 10.9. The van der Waals surface area contributed by atoms with Crippen molar-refractivity contribution in [2.45, 2.75) is 37.5 Å². The molecule has 7 nitrogen and oxygen atoms in total. The molecule has 0 saturated carbocycles. The molecule has 2 aliphatic heterocycles. The van der Waals surface area contributed by atoms with Crippen LogP contribution in [0.1, 0.15) is 30.5 Å². The number of nitrogens with zero attached hydrogens (tertiary/aromatic N) is 3. The molecule has 0 unspecified atom stereocenters. The Morgan fingerprint density at radius 2 is 2.12 bits per heavy atom. The number of aromatic nitrogens is 1. The lowest BCUT2D eigenvalue weighted by molar-refractivity contribution is -0.301. The summed E-state index contributed by atoms with van der Waals surface area (Å²) in [5.41, 5.74) is 1.92. The quantitative estimate of drug-likeness (QED) is 0.714. The fourth-order valence-electron chi connectivity index (χ4n) is 3.11. The van der Waals surface area contributed by atoms with Crippen molar-refractivity contribution in [2.75, 3.05) is 37.0 Å². The zero-order valence-corrected chi connectivity index (χ0v) is 15.1. The van der Waals surface area contributed by atoms with Crippen LogP contribution in [0.2, 0.25) is 0 Å². The van der Waals surface area contributed by atoms with Gasteiger partial charge in [0.25, 0.3) is 0 Å². The van der Waals surface area contributed by atoms with Gasteiger partial charge < -0.3 is 24.3 Å². The summed E-state index contributed by atoms with van der Waals surface area (Å²) in [7, 11) is 0. The molecule has 3 rings (SSSR count). The average molecular weight is 362 g/mol. The number of fused-ring (bicyclic) bond motifs is 1. The number of carbonyl (C=O) groups excluding carboxylic acids is 1. The zero-order chi connectivity index (χ0) is 18.0. The number of carboxylic acids is 1. The first kappa shape index (κ1) is 18.0. The van der Waals surface area contributed by atoms with Crippen molar-refractivity contribution >= 4 is 23.5 Å². The van der Waals surface area contributed by atoms with Crippen LogP contribution in [0.4, 0.5) is 5.82 Å². The number of thioether (sulfide) groups is 1. The van der Waals surface area contributed by atoms with Crippen molar-refractivity contribution < 1.29 is 19.4 Å². The monoisotopic (exact) mass is 362 g/mol. The van der Waals surface area contributed by atoms with E-state index >= 15 is 0 Å². The molecule has 1 aromatic heterocycles. The van der Waals surface area contributed by atoms with Gasteiger partial charge in [-0.25, -0.2) is 4.98 Å². The van der Waals surface area contributed by atoms with Crippen molar-refractivity contribution in [3.8, 4) is 6.07 Å². The first-order chi connectivity index (χ1) is 11.9. The van der Waals surface area contributed by atoms with Gasteiger partial charge in [-0.15, -0.1) is 0 Å². The Morgan fingerprint density at radius 1 is 1.40 bits per heavy atom. The van der Waals surface area contributed by atoms with E-state index in [1.165, 1.54) is 0 Å². The third-order valence-electron chi connectivity index (χ3n) is 4.32. The highest BCUT2D eigenvalue weighted by atomic mass is 32.2. The molecule has 134 valence electrons. The maximum Gasteiger partial charge on any atom is 0.135 e. The smallest absolute Gasteiger partial charge is 0.135 e. The van der Waals surface area contributed by atoms with Gasteiger partial charge in [0, 0.05) is 30.8 Å². The number of pyridine rings is 1. The Labute approximate surface area is 150 Å². The van der Waals surface area contributed by atoms with Gasteiger partial charge in [-0.3, -0.25) is 0 Å². The van der Waals surface area contributed by atoms with E-state index in [9.17, 15) is 15.2 Å². The van der Waals surface area contributed by atoms with Crippen molar-refractivity contribution in [3.05, 3.63) is 16.7 Å². The van der Waals surface area contributed by atoms with Crippen molar-refractivity contribution in [2.24, 2.45) is 0 Å². The summed E-state index contributed by atoms with van der Waals surface area (Å²) in [5.74, 6) is -0.637. The highest BCUT2D eigenvalue weighted by Crippen LogP contribution is 2.38. The maximum atomic E-state index is 10.9. The van der Waals surface area contributed by atoms with Crippen LogP contribution >= 0.6 is 11.8 Å².